The van der Waals surface area contributed by atoms with Gasteiger partial charge in [-0.15, -0.1) is 22.7 Å². The third kappa shape index (κ3) is 7.77. The summed E-state index contributed by atoms with van der Waals surface area (Å²) in [5.41, 5.74) is 14.2. The molecule has 2 nitrogen and oxygen atoms in total. The first-order chi connectivity index (χ1) is 35.2. The zero-order valence-electron chi connectivity index (χ0n) is 45.2. The van der Waals surface area contributed by atoms with Crippen molar-refractivity contribution in [3.63, 3.8) is 0 Å². The normalized spacial score (nSPS) is 13.9. The van der Waals surface area contributed by atoms with Crippen molar-refractivity contribution in [2.24, 2.45) is 0 Å². The van der Waals surface area contributed by atoms with Crippen LogP contribution in [0.5, 0.6) is 0 Å². The average Bonchev–Trinajstić information content (AvgIpc) is 3.95. The van der Waals surface area contributed by atoms with Crippen LogP contribution in [0.4, 0.5) is 34.1 Å². The summed E-state index contributed by atoms with van der Waals surface area (Å²) in [6, 6.07) is 73.6. The third-order valence-corrected chi connectivity index (χ3v) is 23.2. The van der Waals surface area contributed by atoms with E-state index in [0.29, 0.717) is 0 Å². The van der Waals surface area contributed by atoms with Crippen LogP contribution in [-0.2, 0) is 21.7 Å². The summed E-state index contributed by atoms with van der Waals surface area (Å²) in [4.78, 5) is 5.39. The maximum Gasteiger partial charge on any atom is 0.277 e. The second-order valence-corrected chi connectivity index (χ2v) is 31.0. The highest BCUT2D eigenvalue weighted by atomic mass is 32.1. The van der Waals surface area contributed by atoms with E-state index in [9.17, 15) is 0 Å². The van der Waals surface area contributed by atoms with Gasteiger partial charge in [0, 0.05) is 52.5 Å². The molecule has 2 aliphatic heterocycles. The van der Waals surface area contributed by atoms with Gasteiger partial charge >= 0.3 is 0 Å². The molecule has 8 aromatic carbocycles. The quantitative estimate of drug-likeness (QED) is 0.121. The molecule has 0 bridgehead atoms. The van der Waals surface area contributed by atoms with E-state index in [-0.39, 0.29) is 28.4 Å². The largest absolute Gasteiger partial charge is 0.310 e. The van der Waals surface area contributed by atoms with Gasteiger partial charge in [-0.1, -0.05) is 210 Å². The zero-order valence-corrected chi connectivity index (χ0v) is 47.8. The molecule has 6 heteroatoms. The molecule has 0 atom stereocenters. The van der Waals surface area contributed by atoms with Crippen LogP contribution in [-0.4, -0.2) is 14.8 Å². The molecule has 2 aromatic heterocycles. The molecule has 0 saturated carbocycles. The fourth-order valence-electron chi connectivity index (χ4n) is 11.9. The molecule has 0 spiro atoms. The van der Waals surface area contributed by atoms with Crippen LogP contribution in [0.1, 0.15) is 105 Å². The van der Waals surface area contributed by atoms with Crippen molar-refractivity contribution in [3.05, 3.63) is 210 Å². The molecule has 0 saturated heterocycles. The van der Waals surface area contributed by atoms with E-state index in [1.54, 1.807) is 0 Å². The number of rotatable bonds is 6. The number of fused-ring (bicyclic) bond motifs is 8. The molecule has 2 aliphatic rings. The highest BCUT2D eigenvalue weighted by molar-refractivity contribution is 7.40. The first kappa shape index (κ1) is 48.5. The minimum Gasteiger partial charge on any atom is -0.310 e. The van der Waals surface area contributed by atoms with Crippen molar-refractivity contribution in [1.82, 2.24) is 0 Å². The Hall–Kier alpha value is -6.44. The predicted molar refractivity (Wildman–Crippen MR) is 330 cm³/mol. The Kier molecular flexibility index (Phi) is 11.3. The lowest BCUT2D eigenvalue weighted by Gasteiger charge is -2.44. The van der Waals surface area contributed by atoms with E-state index < -0.39 is 8.07 Å². The summed E-state index contributed by atoms with van der Waals surface area (Å²) in [6.07, 6.45) is 0. The van der Waals surface area contributed by atoms with Gasteiger partial charge in [0.25, 0.3) is 6.71 Å². The minimum atomic E-state index is -3.11. The monoisotopic (exact) mass is 1010 g/mol. The zero-order chi connectivity index (χ0) is 51.7. The second kappa shape index (κ2) is 17.3. The number of anilines is 6. The van der Waals surface area contributed by atoms with E-state index in [1.165, 1.54) is 112 Å². The summed E-state index contributed by atoms with van der Waals surface area (Å²) in [6.45, 7) is 28.0. The summed E-state index contributed by atoms with van der Waals surface area (Å²) in [5.74, 6) is 0. The van der Waals surface area contributed by atoms with Crippen molar-refractivity contribution in [1.29, 1.82) is 0 Å². The van der Waals surface area contributed by atoms with Gasteiger partial charge < -0.3 is 9.80 Å². The second-order valence-electron chi connectivity index (χ2n) is 25.0. The fourth-order valence-corrected chi connectivity index (χ4v) is 19.4. The van der Waals surface area contributed by atoms with Gasteiger partial charge in [0.2, 0.25) is 0 Å². The van der Waals surface area contributed by atoms with Gasteiger partial charge in [0.15, 0.2) is 8.07 Å². The molecule has 0 aliphatic carbocycles. The van der Waals surface area contributed by atoms with E-state index in [2.05, 4.69) is 281 Å². The molecule has 74 heavy (non-hydrogen) atoms. The molecule has 0 unspecified atom stereocenters. The molecule has 0 amide bonds. The van der Waals surface area contributed by atoms with Crippen LogP contribution >= 0.6 is 22.7 Å². The molecular weight excluding hydrogens is 948 g/mol. The van der Waals surface area contributed by atoms with Crippen molar-refractivity contribution in [2.75, 3.05) is 9.80 Å². The van der Waals surface area contributed by atoms with E-state index in [4.69, 9.17) is 0 Å². The number of nitrogens with zero attached hydrogens (tertiary/aromatic N) is 2. The Bertz CT molecular complexity index is 3470. The molecule has 0 N–H and O–H groups in total. The lowest BCUT2D eigenvalue weighted by molar-refractivity contribution is 0.590. The van der Waals surface area contributed by atoms with Gasteiger partial charge in [-0.05, 0) is 131 Å². The van der Waals surface area contributed by atoms with Gasteiger partial charge in [-0.25, -0.2) is 0 Å². The number of thiophene rings is 2. The molecular formula is C68H67BN2S2Si. The van der Waals surface area contributed by atoms with Crippen LogP contribution in [0.15, 0.2) is 188 Å². The number of benzene rings is 8. The van der Waals surface area contributed by atoms with E-state index in [1.807, 2.05) is 22.7 Å². The Morgan fingerprint density at radius 3 is 1.00 bits per heavy atom. The van der Waals surface area contributed by atoms with Crippen LogP contribution in [0, 0.1) is 0 Å². The fraction of sp³-hybridized carbons (Fsp3) is 0.235. The predicted octanol–water partition coefficient (Wildman–Crippen LogP) is 14.8. The SMILES string of the molecule is CC(C)(C)c1ccc(N2c3cc([Si](c4ccccc4)(c4ccccc4)c4ccccc4)cc4c3B(c3sc5ccc(C(C)(C)C)cc5c32)c2sc3ccc(C(C)(C)C)cc3c2N4c2ccc(C(C)(C)C)cc2)cc1. The Morgan fingerprint density at radius 2 is 0.676 bits per heavy atom. The summed E-state index contributed by atoms with van der Waals surface area (Å²) < 4.78 is 5.48. The molecule has 12 rings (SSSR count). The topological polar surface area (TPSA) is 6.48 Å². The maximum absolute atomic E-state index is 3.11. The maximum atomic E-state index is 2.70. The Morgan fingerprint density at radius 1 is 0.351 bits per heavy atom. The Labute approximate surface area is 449 Å². The van der Waals surface area contributed by atoms with E-state index in [0.717, 1.165) is 0 Å². The molecule has 0 fully saturated rings. The van der Waals surface area contributed by atoms with Crippen LogP contribution in [0.25, 0.3) is 20.2 Å². The highest BCUT2D eigenvalue weighted by Crippen LogP contribution is 2.51. The average molecular weight is 1020 g/mol. The number of hydrogen-bond donors (Lipinski definition) is 0. The first-order valence-corrected chi connectivity index (χ1v) is 30.2. The molecule has 4 heterocycles. The van der Waals surface area contributed by atoms with Gasteiger partial charge in [-0.3, -0.25) is 0 Å². The lowest BCUT2D eigenvalue weighted by Crippen LogP contribution is -2.75. The summed E-state index contributed by atoms with van der Waals surface area (Å²) in [7, 11) is -3.11. The third-order valence-electron chi connectivity index (χ3n) is 16.0. The summed E-state index contributed by atoms with van der Waals surface area (Å²) >= 11 is 4.00. The van der Waals surface area contributed by atoms with Crippen molar-refractivity contribution in [3.8, 4) is 0 Å². The highest BCUT2D eigenvalue weighted by Gasteiger charge is 2.50. The van der Waals surface area contributed by atoms with Crippen LogP contribution < -0.4 is 45.6 Å². The molecule has 0 radical (unpaired) electrons. The van der Waals surface area contributed by atoms with Gasteiger partial charge in [-0.2, -0.15) is 0 Å². The minimum absolute atomic E-state index is 0.00135. The smallest absolute Gasteiger partial charge is 0.277 e. The van der Waals surface area contributed by atoms with Crippen LogP contribution in [0.3, 0.4) is 0 Å². The first-order valence-electron chi connectivity index (χ1n) is 26.5. The Balaban J connectivity index is 1.29. The lowest BCUT2D eigenvalue weighted by atomic mass is 9.39. The van der Waals surface area contributed by atoms with Gasteiger partial charge in [0.1, 0.15) is 0 Å². The van der Waals surface area contributed by atoms with Gasteiger partial charge in [0.05, 0.1) is 11.4 Å². The molecule has 10 aromatic rings. The van der Waals surface area contributed by atoms with Crippen molar-refractivity contribution in [2.45, 2.75) is 105 Å². The summed E-state index contributed by atoms with van der Waals surface area (Å²) in [5, 5.41) is 8.10. The standard InChI is InChI=1S/C68H67BN2S2Si/c1-65(2,3)44-28-34-48(35-29-44)70-56-42-53(74(50-22-16-13-17-23-50,51-24-18-14-19-25-51)52-26-20-15-21-27-52)43-57-60(56)69(63-61(70)54-40-46(67(7,8)9)32-38-58(54)72-63)64-62(55-41-47(68(10,11)12)33-39-59(55)73-64)71(57)49-36-30-45(31-37-49)66(4,5)6/h13-43H,1-12H3. The van der Waals surface area contributed by atoms with Crippen LogP contribution in [0.2, 0.25) is 0 Å². The van der Waals surface area contributed by atoms with Crippen molar-refractivity contribution < 1.29 is 0 Å². The molecule has 368 valence electrons. The van der Waals surface area contributed by atoms with E-state index >= 15 is 0 Å². The van der Waals surface area contributed by atoms with Crippen molar-refractivity contribution >= 4 is 128 Å². The number of hydrogen-bond acceptors (Lipinski definition) is 4.